The van der Waals surface area contributed by atoms with Crippen molar-refractivity contribution in [3.8, 4) is 0 Å². The lowest BCUT2D eigenvalue weighted by molar-refractivity contribution is -0.138. The Balaban J connectivity index is 1.74. The Labute approximate surface area is 177 Å². The second kappa shape index (κ2) is 7.51. The number of hydrogen-bond donors (Lipinski definition) is 1. The fourth-order valence-corrected chi connectivity index (χ4v) is 5.51. The van der Waals surface area contributed by atoms with E-state index >= 15 is 0 Å². The summed E-state index contributed by atoms with van der Waals surface area (Å²) in [4.78, 5) is 30.6. The zero-order chi connectivity index (χ0) is 20.0. The maximum absolute atomic E-state index is 13.8. The average Bonchev–Trinajstić information content (AvgIpc) is 3.05. The number of fused-ring (bicyclic) bond motifs is 2. The van der Waals surface area contributed by atoms with Gasteiger partial charge in [0, 0.05) is 4.90 Å². The van der Waals surface area contributed by atoms with Gasteiger partial charge < -0.3 is 10.0 Å². The van der Waals surface area contributed by atoms with Gasteiger partial charge in [-0.3, -0.25) is 9.59 Å². The summed E-state index contributed by atoms with van der Waals surface area (Å²) in [6.07, 6.45) is -0.321. The van der Waals surface area contributed by atoms with Crippen LogP contribution in [0, 0.1) is 5.82 Å². The van der Waals surface area contributed by atoms with Gasteiger partial charge in [0.15, 0.2) is 0 Å². The third kappa shape index (κ3) is 3.57. The van der Waals surface area contributed by atoms with Gasteiger partial charge in [0.05, 0.1) is 38.6 Å². The fraction of sp³-hybridized carbons (Fsp3) is 0.167. The van der Waals surface area contributed by atoms with Gasteiger partial charge in [0.2, 0.25) is 5.91 Å². The van der Waals surface area contributed by atoms with Crippen LogP contribution in [-0.4, -0.2) is 27.2 Å². The molecule has 1 unspecified atom stereocenters. The molecule has 0 aliphatic carbocycles. The lowest BCUT2D eigenvalue weighted by atomic mass is 10.2. The molecule has 0 saturated heterocycles. The molecule has 0 saturated carbocycles. The standard InChI is InChI=1S/C18H11Cl2FN2O3S2/c19-9-2-4-12-17(16(9)20)22-14(28-12)7-23-10-5-8(21)1-3-11(10)27-13(18(23)26)6-15(24)25/h1-5,13H,6-7H2,(H,24,25). The summed E-state index contributed by atoms with van der Waals surface area (Å²) >= 11 is 14.7. The molecule has 0 fully saturated rings. The second-order valence-electron chi connectivity index (χ2n) is 6.06. The molecule has 1 aliphatic rings. The molecule has 4 rings (SSSR count). The fourth-order valence-electron chi connectivity index (χ4n) is 2.93. The SMILES string of the molecule is O=C(O)CC1Sc2ccc(F)cc2N(Cc2nc3c(Cl)c(Cl)ccc3s2)C1=O. The first-order valence-corrected chi connectivity index (χ1v) is 10.5. The summed E-state index contributed by atoms with van der Waals surface area (Å²) in [6, 6.07) is 7.58. The number of carbonyl (C=O) groups excluding carboxylic acids is 1. The van der Waals surface area contributed by atoms with Crippen LogP contribution < -0.4 is 4.90 Å². The van der Waals surface area contributed by atoms with Crippen molar-refractivity contribution in [2.45, 2.75) is 23.1 Å². The Bertz CT molecular complexity index is 1120. The summed E-state index contributed by atoms with van der Waals surface area (Å²) in [5.74, 6) is -1.94. The molecular formula is C18H11Cl2FN2O3S2. The van der Waals surface area contributed by atoms with Crippen molar-refractivity contribution < 1.29 is 19.1 Å². The first-order valence-electron chi connectivity index (χ1n) is 8.06. The Kier molecular flexibility index (Phi) is 5.22. The number of anilines is 1. The van der Waals surface area contributed by atoms with E-state index in [1.165, 1.54) is 28.4 Å². The van der Waals surface area contributed by atoms with E-state index in [1.54, 1.807) is 18.2 Å². The molecule has 1 amide bonds. The number of rotatable bonds is 4. The number of aromatic nitrogens is 1. The molecule has 1 N–H and O–H groups in total. The van der Waals surface area contributed by atoms with Crippen LogP contribution in [0.15, 0.2) is 35.2 Å². The molecule has 1 atom stereocenters. The zero-order valence-corrected chi connectivity index (χ0v) is 17.1. The highest BCUT2D eigenvalue weighted by Crippen LogP contribution is 2.42. The molecule has 2 aromatic carbocycles. The topological polar surface area (TPSA) is 70.5 Å². The highest BCUT2D eigenvalue weighted by Gasteiger charge is 2.35. The van der Waals surface area contributed by atoms with Crippen LogP contribution in [0.2, 0.25) is 10.0 Å². The first kappa shape index (κ1) is 19.4. The van der Waals surface area contributed by atoms with Gasteiger partial charge in [-0.05, 0) is 30.3 Å². The van der Waals surface area contributed by atoms with E-state index in [0.717, 1.165) is 16.5 Å². The molecule has 5 nitrogen and oxygen atoms in total. The van der Waals surface area contributed by atoms with Crippen LogP contribution in [-0.2, 0) is 16.1 Å². The maximum Gasteiger partial charge on any atom is 0.305 e. The average molecular weight is 457 g/mol. The van der Waals surface area contributed by atoms with Gasteiger partial charge in [0.25, 0.3) is 0 Å². The van der Waals surface area contributed by atoms with Crippen molar-refractivity contribution in [2.24, 2.45) is 0 Å². The van der Waals surface area contributed by atoms with E-state index in [4.69, 9.17) is 28.3 Å². The molecular weight excluding hydrogens is 446 g/mol. The van der Waals surface area contributed by atoms with E-state index in [0.29, 0.717) is 31.2 Å². The molecule has 144 valence electrons. The number of thioether (sulfide) groups is 1. The number of hydrogen-bond acceptors (Lipinski definition) is 5. The molecule has 0 spiro atoms. The van der Waals surface area contributed by atoms with Crippen LogP contribution in [0.4, 0.5) is 10.1 Å². The Morgan fingerprint density at radius 1 is 1.29 bits per heavy atom. The predicted octanol–water partition coefficient (Wildman–Crippen LogP) is 5.22. The van der Waals surface area contributed by atoms with Crippen molar-refractivity contribution in [3.05, 3.63) is 51.2 Å². The van der Waals surface area contributed by atoms with E-state index in [9.17, 15) is 14.0 Å². The summed E-state index contributed by atoms with van der Waals surface area (Å²) < 4.78 is 14.6. The van der Waals surface area contributed by atoms with Crippen molar-refractivity contribution in [1.82, 2.24) is 4.98 Å². The molecule has 0 radical (unpaired) electrons. The monoisotopic (exact) mass is 456 g/mol. The lowest BCUT2D eigenvalue weighted by Gasteiger charge is -2.32. The van der Waals surface area contributed by atoms with Gasteiger partial charge in [-0.15, -0.1) is 23.1 Å². The van der Waals surface area contributed by atoms with E-state index < -0.39 is 22.9 Å². The van der Waals surface area contributed by atoms with E-state index in [-0.39, 0.29) is 13.0 Å². The predicted molar refractivity (Wildman–Crippen MR) is 109 cm³/mol. The molecule has 3 aromatic rings. The summed E-state index contributed by atoms with van der Waals surface area (Å²) in [6.45, 7) is 0.0826. The molecule has 10 heteroatoms. The van der Waals surface area contributed by atoms with Crippen molar-refractivity contribution >= 4 is 74.1 Å². The highest BCUT2D eigenvalue weighted by molar-refractivity contribution is 8.01. The highest BCUT2D eigenvalue weighted by atomic mass is 35.5. The smallest absolute Gasteiger partial charge is 0.305 e. The quantitative estimate of drug-likeness (QED) is 0.582. The first-order chi connectivity index (χ1) is 13.3. The second-order valence-corrected chi connectivity index (χ2v) is 9.20. The molecule has 28 heavy (non-hydrogen) atoms. The maximum atomic E-state index is 13.8. The number of amides is 1. The number of benzene rings is 2. The van der Waals surface area contributed by atoms with Gasteiger partial charge in [-0.25, -0.2) is 9.37 Å². The van der Waals surface area contributed by atoms with E-state index in [1.807, 2.05) is 0 Å². The van der Waals surface area contributed by atoms with Crippen LogP contribution in [0.5, 0.6) is 0 Å². The van der Waals surface area contributed by atoms with Crippen LogP contribution >= 0.6 is 46.3 Å². The van der Waals surface area contributed by atoms with Crippen molar-refractivity contribution in [2.75, 3.05) is 4.90 Å². The van der Waals surface area contributed by atoms with Gasteiger partial charge in [-0.1, -0.05) is 23.2 Å². The van der Waals surface area contributed by atoms with Gasteiger partial charge in [0.1, 0.15) is 16.3 Å². The number of aliphatic carboxylic acids is 1. The van der Waals surface area contributed by atoms with Gasteiger partial charge in [-0.2, -0.15) is 0 Å². The third-order valence-corrected chi connectivity index (χ3v) is 7.22. The molecule has 1 aromatic heterocycles. The van der Waals surface area contributed by atoms with E-state index in [2.05, 4.69) is 4.98 Å². The summed E-state index contributed by atoms with van der Waals surface area (Å²) in [7, 11) is 0. The normalized spacial score (nSPS) is 16.5. The van der Waals surface area contributed by atoms with Crippen molar-refractivity contribution in [3.63, 3.8) is 0 Å². The Hall–Kier alpha value is -1.87. The van der Waals surface area contributed by atoms with Crippen LogP contribution in [0.25, 0.3) is 10.2 Å². The third-order valence-electron chi connectivity index (χ3n) is 4.17. The number of thiazole rings is 1. The number of carbonyl (C=O) groups is 2. The molecule has 2 heterocycles. The lowest BCUT2D eigenvalue weighted by Crippen LogP contribution is -2.41. The van der Waals surface area contributed by atoms with Gasteiger partial charge >= 0.3 is 5.97 Å². The Morgan fingerprint density at radius 3 is 2.82 bits per heavy atom. The summed E-state index contributed by atoms with van der Waals surface area (Å²) in [5.41, 5.74) is 0.939. The number of carboxylic acids is 1. The zero-order valence-electron chi connectivity index (χ0n) is 14.0. The van der Waals surface area contributed by atoms with Crippen molar-refractivity contribution in [1.29, 1.82) is 0 Å². The van der Waals surface area contributed by atoms with Crippen LogP contribution in [0.1, 0.15) is 11.4 Å². The van der Waals surface area contributed by atoms with Crippen LogP contribution in [0.3, 0.4) is 0 Å². The minimum absolute atomic E-state index is 0.0826. The largest absolute Gasteiger partial charge is 0.481 e. The number of carboxylic acid groups (broad SMARTS) is 1. The minimum Gasteiger partial charge on any atom is -0.481 e. The minimum atomic E-state index is -1.07. The summed E-state index contributed by atoms with van der Waals surface area (Å²) in [5, 5.41) is 9.63. The Morgan fingerprint density at radius 2 is 2.07 bits per heavy atom. The number of halogens is 3. The molecule has 0 bridgehead atoms. The number of nitrogens with zero attached hydrogens (tertiary/aromatic N) is 2. The molecule has 1 aliphatic heterocycles.